The number of anilines is 1. The van der Waals surface area contributed by atoms with Crippen molar-refractivity contribution in [1.82, 2.24) is 5.43 Å². The lowest BCUT2D eigenvalue weighted by Crippen LogP contribution is -2.39. The number of hydrogen-bond acceptors (Lipinski definition) is 4. The lowest BCUT2D eigenvalue weighted by molar-refractivity contribution is -0.119. The highest BCUT2D eigenvalue weighted by molar-refractivity contribution is 7.92. The van der Waals surface area contributed by atoms with Gasteiger partial charge in [0.15, 0.2) is 0 Å². The van der Waals surface area contributed by atoms with Gasteiger partial charge in [-0.3, -0.25) is 9.10 Å². The fourth-order valence-electron chi connectivity index (χ4n) is 2.21. The molecule has 0 aromatic heterocycles. The summed E-state index contributed by atoms with van der Waals surface area (Å²) in [6, 6.07) is 14.5. The smallest absolute Gasteiger partial charge is 0.260 e. The van der Waals surface area contributed by atoms with Gasteiger partial charge in [0.2, 0.25) is 10.0 Å². The first-order valence-electron chi connectivity index (χ1n) is 7.68. The molecule has 2 aromatic carbocycles. The summed E-state index contributed by atoms with van der Waals surface area (Å²) in [6.45, 7) is 3.52. The average Bonchev–Trinajstić information content (AvgIpc) is 2.53. The van der Waals surface area contributed by atoms with Gasteiger partial charge in [0, 0.05) is 0 Å². The molecule has 0 aliphatic rings. The van der Waals surface area contributed by atoms with E-state index in [4.69, 9.17) is 0 Å². The Morgan fingerprint density at radius 3 is 2.40 bits per heavy atom. The quantitative estimate of drug-likeness (QED) is 0.634. The Morgan fingerprint density at radius 1 is 1.12 bits per heavy atom. The van der Waals surface area contributed by atoms with Gasteiger partial charge in [-0.2, -0.15) is 5.10 Å². The zero-order valence-corrected chi connectivity index (χ0v) is 15.2. The number of sulfonamides is 1. The van der Waals surface area contributed by atoms with Crippen molar-refractivity contribution < 1.29 is 13.2 Å². The number of carbonyl (C=O) groups excluding carboxylic acids is 1. The van der Waals surface area contributed by atoms with E-state index in [-0.39, 0.29) is 6.54 Å². The van der Waals surface area contributed by atoms with Gasteiger partial charge < -0.3 is 0 Å². The molecular formula is C18H21N3O3S. The molecule has 0 aliphatic carbocycles. The summed E-state index contributed by atoms with van der Waals surface area (Å²) in [4.78, 5) is 12.1. The maximum atomic E-state index is 12.1. The van der Waals surface area contributed by atoms with Gasteiger partial charge in [-0.05, 0) is 31.5 Å². The summed E-state index contributed by atoms with van der Waals surface area (Å²) in [5.41, 5.74) is 5.73. The summed E-state index contributed by atoms with van der Waals surface area (Å²) < 4.78 is 25.0. The first kappa shape index (κ1) is 18.7. The predicted octanol–water partition coefficient (Wildman–Crippen LogP) is 2.22. The third kappa shape index (κ3) is 5.72. The molecular weight excluding hydrogens is 338 g/mol. The third-order valence-electron chi connectivity index (χ3n) is 3.45. The first-order chi connectivity index (χ1) is 11.8. The van der Waals surface area contributed by atoms with Crippen molar-refractivity contribution in [2.45, 2.75) is 13.8 Å². The molecule has 1 amide bonds. The molecule has 0 spiro atoms. The Labute approximate surface area is 148 Å². The van der Waals surface area contributed by atoms with Crippen LogP contribution in [0, 0.1) is 13.8 Å². The molecule has 0 saturated heterocycles. The third-order valence-corrected chi connectivity index (χ3v) is 4.60. The standard InChI is InChI=1S/C18H21N3O3S/c1-14-7-9-17(10-8-14)21(25(3,23)24)13-18(22)20-19-12-16-6-4-5-15(2)11-16/h4-12H,13H2,1-3H3,(H,20,22)/b19-12-. The minimum Gasteiger partial charge on any atom is -0.271 e. The number of carbonyl (C=O) groups is 1. The normalized spacial score (nSPS) is 11.5. The molecule has 2 aromatic rings. The van der Waals surface area contributed by atoms with Crippen LogP contribution in [0.5, 0.6) is 0 Å². The highest BCUT2D eigenvalue weighted by atomic mass is 32.2. The van der Waals surface area contributed by atoms with Gasteiger partial charge in [-0.1, -0.05) is 47.5 Å². The molecule has 0 saturated carbocycles. The van der Waals surface area contributed by atoms with Gasteiger partial charge in [-0.15, -0.1) is 0 Å². The number of hydrogen-bond donors (Lipinski definition) is 1. The number of nitrogens with zero attached hydrogens (tertiary/aromatic N) is 2. The van der Waals surface area contributed by atoms with E-state index in [9.17, 15) is 13.2 Å². The van der Waals surface area contributed by atoms with Crippen LogP contribution < -0.4 is 9.73 Å². The number of amides is 1. The van der Waals surface area contributed by atoms with Gasteiger partial charge >= 0.3 is 0 Å². The van der Waals surface area contributed by atoms with Crippen LogP contribution in [-0.2, 0) is 14.8 Å². The minimum absolute atomic E-state index is 0.340. The largest absolute Gasteiger partial charge is 0.271 e. The van der Waals surface area contributed by atoms with Crippen LogP contribution in [0.4, 0.5) is 5.69 Å². The van der Waals surface area contributed by atoms with Crippen molar-refractivity contribution in [3.8, 4) is 0 Å². The van der Waals surface area contributed by atoms with Crippen LogP contribution in [0.1, 0.15) is 16.7 Å². The Balaban J connectivity index is 2.06. The van der Waals surface area contributed by atoms with Crippen molar-refractivity contribution in [1.29, 1.82) is 0 Å². The molecule has 0 bridgehead atoms. The van der Waals surface area contributed by atoms with Crippen molar-refractivity contribution >= 4 is 27.8 Å². The van der Waals surface area contributed by atoms with Crippen molar-refractivity contribution in [2.24, 2.45) is 5.10 Å². The molecule has 0 unspecified atom stereocenters. The lowest BCUT2D eigenvalue weighted by Gasteiger charge is -2.21. The highest BCUT2D eigenvalue weighted by Gasteiger charge is 2.20. The predicted molar refractivity (Wildman–Crippen MR) is 100 cm³/mol. The number of hydrazone groups is 1. The van der Waals surface area contributed by atoms with E-state index in [1.165, 1.54) is 6.21 Å². The van der Waals surface area contributed by atoms with E-state index < -0.39 is 15.9 Å². The first-order valence-corrected chi connectivity index (χ1v) is 9.53. The minimum atomic E-state index is -3.59. The summed E-state index contributed by atoms with van der Waals surface area (Å²) in [5.74, 6) is -0.519. The molecule has 0 fully saturated rings. The van der Waals surface area contributed by atoms with E-state index >= 15 is 0 Å². The molecule has 25 heavy (non-hydrogen) atoms. The van der Waals surface area contributed by atoms with Gasteiger partial charge in [0.1, 0.15) is 6.54 Å². The van der Waals surface area contributed by atoms with E-state index in [1.807, 2.05) is 38.1 Å². The molecule has 0 atom stereocenters. The summed E-state index contributed by atoms with van der Waals surface area (Å²) >= 11 is 0. The van der Waals surface area contributed by atoms with Crippen LogP contribution in [-0.4, -0.2) is 33.3 Å². The maximum absolute atomic E-state index is 12.1. The fourth-order valence-corrected chi connectivity index (χ4v) is 3.06. The summed E-state index contributed by atoms with van der Waals surface area (Å²) in [5, 5.41) is 3.88. The van der Waals surface area contributed by atoms with E-state index in [1.54, 1.807) is 24.3 Å². The number of benzene rings is 2. The van der Waals surface area contributed by atoms with Crippen molar-refractivity contribution in [2.75, 3.05) is 17.1 Å². The average molecular weight is 359 g/mol. The van der Waals surface area contributed by atoms with Crippen LogP contribution in [0.25, 0.3) is 0 Å². The van der Waals surface area contributed by atoms with E-state index in [0.717, 1.165) is 27.3 Å². The summed E-state index contributed by atoms with van der Waals surface area (Å²) in [6.07, 6.45) is 2.58. The fraction of sp³-hybridized carbons (Fsp3) is 0.222. The number of nitrogens with one attached hydrogen (secondary N) is 1. The van der Waals surface area contributed by atoms with E-state index in [2.05, 4.69) is 10.5 Å². The van der Waals surface area contributed by atoms with Crippen molar-refractivity contribution in [3.05, 3.63) is 65.2 Å². The Bertz CT molecular complexity index is 875. The van der Waals surface area contributed by atoms with Crippen LogP contribution in [0.15, 0.2) is 53.6 Å². The van der Waals surface area contributed by atoms with Crippen LogP contribution >= 0.6 is 0 Å². The SMILES string of the molecule is Cc1ccc(N(CC(=O)N/N=C\c2cccc(C)c2)S(C)(=O)=O)cc1. The second-order valence-corrected chi connectivity index (χ2v) is 7.72. The molecule has 132 valence electrons. The molecule has 0 heterocycles. The molecule has 2 rings (SSSR count). The van der Waals surface area contributed by atoms with Crippen LogP contribution in [0.3, 0.4) is 0 Å². The van der Waals surface area contributed by atoms with Gasteiger partial charge in [0.25, 0.3) is 5.91 Å². The zero-order chi connectivity index (χ0) is 18.4. The second kappa shape index (κ2) is 7.94. The monoisotopic (exact) mass is 359 g/mol. The molecule has 0 aliphatic heterocycles. The second-order valence-electron chi connectivity index (χ2n) is 5.81. The highest BCUT2D eigenvalue weighted by Crippen LogP contribution is 2.17. The number of aryl methyl sites for hydroxylation is 2. The summed E-state index contributed by atoms with van der Waals surface area (Å²) in [7, 11) is -3.59. The lowest BCUT2D eigenvalue weighted by atomic mass is 10.2. The van der Waals surface area contributed by atoms with Gasteiger partial charge in [0.05, 0.1) is 18.2 Å². The zero-order valence-electron chi connectivity index (χ0n) is 14.4. The van der Waals surface area contributed by atoms with E-state index in [0.29, 0.717) is 5.69 Å². The topological polar surface area (TPSA) is 78.8 Å². The molecule has 7 heteroatoms. The Kier molecular flexibility index (Phi) is 5.93. The van der Waals surface area contributed by atoms with Crippen LogP contribution in [0.2, 0.25) is 0 Å². The number of rotatable bonds is 6. The Morgan fingerprint density at radius 2 is 1.80 bits per heavy atom. The molecule has 1 N–H and O–H groups in total. The van der Waals surface area contributed by atoms with Gasteiger partial charge in [-0.25, -0.2) is 13.8 Å². The maximum Gasteiger partial charge on any atom is 0.260 e. The van der Waals surface area contributed by atoms with Crippen molar-refractivity contribution in [3.63, 3.8) is 0 Å². The molecule has 0 radical (unpaired) electrons. The molecule has 6 nitrogen and oxygen atoms in total. The Hall–Kier alpha value is -2.67.